The van der Waals surface area contributed by atoms with Gasteiger partial charge in [0.25, 0.3) is 5.89 Å². The number of aryl methyl sites for hydroxylation is 1. The monoisotopic (exact) mass is 293 g/mol. The molecule has 0 aliphatic heterocycles. The molecule has 1 unspecified atom stereocenters. The van der Waals surface area contributed by atoms with Gasteiger partial charge in [-0.1, -0.05) is 25.1 Å². The molecule has 0 radical (unpaired) electrons. The maximum Gasteiger partial charge on any atom is 0.264 e. The molecule has 0 saturated carbocycles. The van der Waals surface area contributed by atoms with E-state index in [-0.39, 0.29) is 18.4 Å². The van der Waals surface area contributed by atoms with Crippen LogP contribution < -0.4 is 10.1 Å². The third-order valence-corrected chi connectivity index (χ3v) is 3.14. The number of rotatable bonds is 7. The Balaban J connectivity index is 2.00. The predicted molar refractivity (Wildman–Crippen MR) is 76.5 cm³/mol. The van der Waals surface area contributed by atoms with Crippen molar-refractivity contribution in [3.8, 4) is 5.75 Å². The Labute approximate surface area is 123 Å². The number of halogens is 1. The zero-order valence-electron chi connectivity index (χ0n) is 12.5. The van der Waals surface area contributed by atoms with E-state index in [9.17, 15) is 4.39 Å². The molecule has 0 aliphatic rings. The average Bonchev–Trinajstić information content (AvgIpc) is 2.94. The summed E-state index contributed by atoms with van der Waals surface area (Å²) >= 11 is 0. The smallest absolute Gasteiger partial charge is 0.264 e. The van der Waals surface area contributed by atoms with Crippen molar-refractivity contribution in [1.82, 2.24) is 15.5 Å². The lowest BCUT2D eigenvalue weighted by molar-refractivity contribution is 0.234. The van der Waals surface area contributed by atoms with Gasteiger partial charge in [-0.15, -0.1) is 0 Å². The number of ether oxygens (including phenoxy) is 1. The van der Waals surface area contributed by atoms with Gasteiger partial charge < -0.3 is 14.6 Å². The molecule has 1 atom stereocenters. The average molecular weight is 293 g/mol. The summed E-state index contributed by atoms with van der Waals surface area (Å²) in [5.41, 5.74) is 0.882. The molecule has 21 heavy (non-hydrogen) atoms. The lowest BCUT2D eigenvalue weighted by Crippen LogP contribution is -2.17. The first-order chi connectivity index (χ1) is 10.1. The van der Waals surface area contributed by atoms with Gasteiger partial charge in [0, 0.05) is 12.5 Å². The van der Waals surface area contributed by atoms with Crippen molar-refractivity contribution < 1.29 is 13.7 Å². The highest BCUT2D eigenvalue weighted by atomic mass is 19.1. The highest BCUT2D eigenvalue weighted by Gasteiger charge is 2.11. The van der Waals surface area contributed by atoms with Crippen molar-refractivity contribution >= 4 is 0 Å². The maximum atomic E-state index is 14.0. The molecule has 0 amide bonds. The Morgan fingerprint density at radius 1 is 1.38 bits per heavy atom. The van der Waals surface area contributed by atoms with Gasteiger partial charge in [-0.2, -0.15) is 4.98 Å². The Kier molecular flexibility index (Phi) is 5.27. The fourth-order valence-electron chi connectivity index (χ4n) is 1.96. The van der Waals surface area contributed by atoms with E-state index in [1.807, 2.05) is 26.8 Å². The van der Waals surface area contributed by atoms with Crippen LogP contribution in [0.25, 0.3) is 0 Å². The Hall–Kier alpha value is -1.95. The van der Waals surface area contributed by atoms with Gasteiger partial charge in [0.05, 0.1) is 0 Å². The van der Waals surface area contributed by atoms with Gasteiger partial charge in [-0.3, -0.25) is 0 Å². The lowest BCUT2D eigenvalue weighted by atomic mass is 10.1. The quantitative estimate of drug-likeness (QED) is 0.850. The first-order valence-electron chi connectivity index (χ1n) is 7.11. The Bertz CT molecular complexity index is 586. The fourth-order valence-corrected chi connectivity index (χ4v) is 1.96. The number of nitrogens with one attached hydrogen (secondary N) is 1. The van der Waals surface area contributed by atoms with E-state index in [4.69, 9.17) is 9.26 Å². The summed E-state index contributed by atoms with van der Waals surface area (Å²) in [5, 5.41) is 6.99. The summed E-state index contributed by atoms with van der Waals surface area (Å²) in [6.07, 6.45) is 0.689. The van der Waals surface area contributed by atoms with Gasteiger partial charge >= 0.3 is 0 Å². The number of hydrogen-bond acceptors (Lipinski definition) is 5. The van der Waals surface area contributed by atoms with Gasteiger partial charge in [0.2, 0.25) is 0 Å². The van der Waals surface area contributed by atoms with E-state index in [0.29, 0.717) is 18.1 Å². The van der Waals surface area contributed by atoms with Crippen LogP contribution in [0.5, 0.6) is 5.75 Å². The predicted octanol–water partition coefficient (Wildman–Crippen LogP) is 3.02. The van der Waals surface area contributed by atoms with E-state index >= 15 is 0 Å². The summed E-state index contributed by atoms with van der Waals surface area (Å²) < 4.78 is 24.4. The standard InChI is InChI=1S/C15H20FN3O2/c1-4-14-18-15(21-19-14)9-20-13-7-6-11(8-12(13)16)10(3)17-5-2/h6-8,10,17H,4-5,9H2,1-3H3. The topological polar surface area (TPSA) is 60.2 Å². The van der Waals surface area contributed by atoms with Gasteiger partial charge in [-0.25, -0.2) is 4.39 Å². The zero-order valence-corrected chi connectivity index (χ0v) is 12.5. The summed E-state index contributed by atoms with van der Waals surface area (Å²) in [6, 6.07) is 5.04. The molecule has 0 saturated heterocycles. The zero-order chi connectivity index (χ0) is 15.2. The van der Waals surface area contributed by atoms with Crippen LogP contribution in [-0.2, 0) is 13.0 Å². The summed E-state index contributed by atoms with van der Waals surface area (Å²) in [7, 11) is 0. The minimum Gasteiger partial charge on any atom is -0.481 e. The van der Waals surface area contributed by atoms with Crippen LogP contribution in [0.2, 0.25) is 0 Å². The number of benzene rings is 1. The maximum absolute atomic E-state index is 14.0. The molecule has 0 aliphatic carbocycles. The minimum absolute atomic E-state index is 0.0615. The molecule has 1 aromatic carbocycles. The van der Waals surface area contributed by atoms with Crippen molar-refractivity contribution in [3.05, 3.63) is 41.3 Å². The summed E-state index contributed by atoms with van der Waals surface area (Å²) in [4.78, 5) is 4.11. The van der Waals surface area contributed by atoms with Crippen LogP contribution in [-0.4, -0.2) is 16.7 Å². The van der Waals surface area contributed by atoms with Crippen molar-refractivity contribution in [2.45, 2.75) is 39.8 Å². The minimum atomic E-state index is -0.396. The van der Waals surface area contributed by atoms with Crippen molar-refractivity contribution in [2.24, 2.45) is 0 Å². The molecule has 2 rings (SSSR count). The van der Waals surface area contributed by atoms with Crippen molar-refractivity contribution in [2.75, 3.05) is 6.54 Å². The largest absolute Gasteiger partial charge is 0.481 e. The second-order valence-electron chi connectivity index (χ2n) is 4.72. The lowest BCUT2D eigenvalue weighted by Gasteiger charge is -2.14. The molecule has 6 heteroatoms. The third-order valence-electron chi connectivity index (χ3n) is 3.14. The molecular formula is C15H20FN3O2. The molecule has 5 nitrogen and oxygen atoms in total. The van der Waals surface area contributed by atoms with E-state index < -0.39 is 5.82 Å². The van der Waals surface area contributed by atoms with E-state index in [2.05, 4.69) is 15.5 Å². The van der Waals surface area contributed by atoms with Crippen LogP contribution >= 0.6 is 0 Å². The number of aromatic nitrogens is 2. The normalized spacial score (nSPS) is 12.4. The second-order valence-corrected chi connectivity index (χ2v) is 4.72. The first kappa shape index (κ1) is 15.4. The third kappa shape index (κ3) is 4.01. The Morgan fingerprint density at radius 2 is 2.19 bits per heavy atom. The summed E-state index contributed by atoms with van der Waals surface area (Å²) in [6.45, 7) is 6.83. The van der Waals surface area contributed by atoms with E-state index in [1.165, 1.54) is 6.07 Å². The molecule has 0 bridgehead atoms. The molecule has 2 aromatic rings. The van der Waals surface area contributed by atoms with Gasteiger partial charge in [0.15, 0.2) is 24.0 Å². The van der Waals surface area contributed by atoms with Gasteiger partial charge in [0.1, 0.15) is 0 Å². The number of hydrogen-bond donors (Lipinski definition) is 1. The van der Waals surface area contributed by atoms with Crippen LogP contribution in [0.3, 0.4) is 0 Å². The highest BCUT2D eigenvalue weighted by molar-refractivity contribution is 5.30. The van der Waals surface area contributed by atoms with Crippen LogP contribution in [0.4, 0.5) is 4.39 Å². The fraction of sp³-hybridized carbons (Fsp3) is 0.467. The Morgan fingerprint density at radius 3 is 2.81 bits per heavy atom. The van der Waals surface area contributed by atoms with Crippen LogP contribution in [0, 0.1) is 5.82 Å². The second kappa shape index (κ2) is 7.17. The molecular weight excluding hydrogens is 273 g/mol. The van der Waals surface area contributed by atoms with E-state index in [1.54, 1.807) is 6.07 Å². The van der Waals surface area contributed by atoms with Crippen LogP contribution in [0.15, 0.2) is 22.7 Å². The molecule has 0 spiro atoms. The van der Waals surface area contributed by atoms with Crippen molar-refractivity contribution in [1.29, 1.82) is 0 Å². The van der Waals surface area contributed by atoms with Crippen molar-refractivity contribution in [3.63, 3.8) is 0 Å². The molecule has 114 valence electrons. The molecule has 1 heterocycles. The summed E-state index contributed by atoms with van der Waals surface area (Å²) in [5.74, 6) is 0.742. The first-order valence-corrected chi connectivity index (χ1v) is 7.11. The number of nitrogens with zero attached hydrogens (tertiary/aromatic N) is 2. The van der Waals surface area contributed by atoms with Crippen LogP contribution in [0.1, 0.15) is 44.1 Å². The molecule has 1 N–H and O–H groups in total. The van der Waals surface area contributed by atoms with E-state index in [0.717, 1.165) is 12.1 Å². The highest BCUT2D eigenvalue weighted by Crippen LogP contribution is 2.22. The molecule has 1 aromatic heterocycles. The molecule has 0 fully saturated rings. The SMILES string of the molecule is CCNC(C)c1ccc(OCc2nc(CC)no2)c(F)c1. The van der Waals surface area contributed by atoms with Gasteiger partial charge in [-0.05, 0) is 31.2 Å².